The number of nitrogens with zero attached hydrogens (tertiary/aromatic N) is 1. The van der Waals surface area contributed by atoms with Crippen molar-refractivity contribution in [3.8, 4) is 10.6 Å². The Labute approximate surface area is 199 Å². The molecule has 0 aliphatic carbocycles. The minimum absolute atomic E-state index is 0.0742. The minimum atomic E-state index is -1.01. The summed E-state index contributed by atoms with van der Waals surface area (Å²) in [5, 5.41) is 14.4. The Morgan fingerprint density at radius 2 is 1.94 bits per heavy atom. The molecule has 5 aromatic rings. The number of nitrogens with one attached hydrogen (secondary N) is 1. The standard InChI is InChI=1S/C27H22N2O4S/c1-14-10-19(16(3)29-21-7-5-4-6-18(21)27(31)32)26-20(11-14)24(30)15(2)25(33-26)23-12-17-13-28-9-8-22(17)34-23/h4-13,16,29H,1-3H3,(H,31,32)/t16-/m1/s1. The molecule has 0 saturated heterocycles. The third-order valence-corrected chi connectivity index (χ3v) is 7.04. The average molecular weight is 471 g/mol. The Morgan fingerprint density at radius 1 is 1.15 bits per heavy atom. The van der Waals surface area contributed by atoms with E-state index in [1.165, 1.54) is 0 Å². The van der Waals surface area contributed by atoms with Crippen molar-refractivity contribution in [2.75, 3.05) is 5.32 Å². The van der Waals surface area contributed by atoms with E-state index in [1.54, 1.807) is 54.9 Å². The maximum atomic E-state index is 13.4. The molecule has 0 aliphatic heterocycles. The highest BCUT2D eigenvalue weighted by Crippen LogP contribution is 2.37. The monoisotopic (exact) mass is 470 g/mol. The smallest absolute Gasteiger partial charge is 0.337 e. The molecule has 0 radical (unpaired) electrons. The average Bonchev–Trinajstić information content (AvgIpc) is 3.25. The molecule has 3 aromatic heterocycles. The first-order chi connectivity index (χ1) is 16.3. The molecule has 6 nitrogen and oxygen atoms in total. The van der Waals surface area contributed by atoms with Crippen LogP contribution in [0.15, 0.2) is 70.1 Å². The Hall–Kier alpha value is -3.97. The summed E-state index contributed by atoms with van der Waals surface area (Å²) in [5.74, 6) is -0.463. The molecule has 5 rings (SSSR count). The molecule has 170 valence electrons. The second-order valence-electron chi connectivity index (χ2n) is 8.36. The van der Waals surface area contributed by atoms with Crippen molar-refractivity contribution in [3.63, 3.8) is 0 Å². The second kappa shape index (κ2) is 8.43. The van der Waals surface area contributed by atoms with Crippen molar-refractivity contribution < 1.29 is 14.3 Å². The van der Waals surface area contributed by atoms with Gasteiger partial charge in [-0.1, -0.05) is 18.2 Å². The van der Waals surface area contributed by atoms with Crippen LogP contribution in [0.1, 0.15) is 40.0 Å². The van der Waals surface area contributed by atoms with Crippen molar-refractivity contribution in [1.29, 1.82) is 0 Å². The Kier molecular flexibility index (Phi) is 5.42. The predicted molar refractivity (Wildman–Crippen MR) is 136 cm³/mol. The van der Waals surface area contributed by atoms with Crippen LogP contribution in [-0.2, 0) is 0 Å². The van der Waals surface area contributed by atoms with Gasteiger partial charge in [0, 0.05) is 39.3 Å². The van der Waals surface area contributed by atoms with Gasteiger partial charge in [0.25, 0.3) is 0 Å². The molecule has 2 aromatic carbocycles. The van der Waals surface area contributed by atoms with Gasteiger partial charge < -0.3 is 14.8 Å². The number of para-hydroxylation sites is 1. The first-order valence-corrected chi connectivity index (χ1v) is 11.7. The van der Waals surface area contributed by atoms with Gasteiger partial charge in [0.1, 0.15) is 5.58 Å². The van der Waals surface area contributed by atoms with Crippen LogP contribution in [0.4, 0.5) is 5.69 Å². The third-order valence-electron chi connectivity index (χ3n) is 5.93. The third kappa shape index (κ3) is 3.74. The van der Waals surface area contributed by atoms with E-state index in [4.69, 9.17) is 4.42 Å². The summed E-state index contributed by atoms with van der Waals surface area (Å²) in [5.41, 5.74) is 3.38. The van der Waals surface area contributed by atoms with Gasteiger partial charge in [-0.3, -0.25) is 9.78 Å². The minimum Gasteiger partial charge on any atom is -0.478 e. The quantitative estimate of drug-likeness (QED) is 0.302. The lowest BCUT2D eigenvalue weighted by Gasteiger charge is -2.19. The zero-order valence-corrected chi connectivity index (χ0v) is 19.7. The number of benzene rings is 2. The highest BCUT2D eigenvalue weighted by molar-refractivity contribution is 7.22. The summed E-state index contributed by atoms with van der Waals surface area (Å²) in [4.78, 5) is 30.1. The first kappa shape index (κ1) is 21.9. The van der Waals surface area contributed by atoms with Gasteiger partial charge in [0.2, 0.25) is 0 Å². The van der Waals surface area contributed by atoms with Crippen LogP contribution in [0.25, 0.3) is 31.7 Å². The fourth-order valence-electron chi connectivity index (χ4n) is 4.23. The van der Waals surface area contributed by atoms with E-state index >= 15 is 0 Å². The van der Waals surface area contributed by atoms with E-state index in [2.05, 4.69) is 10.3 Å². The number of thiophene rings is 1. The number of pyridine rings is 1. The molecule has 7 heteroatoms. The van der Waals surface area contributed by atoms with Crippen molar-refractivity contribution in [3.05, 3.63) is 93.4 Å². The zero-order chi connectivity index (χ0) is 24.0. The molecular formula is C27H22N2O4S. The molecule has 0 unspecified atom stereocenters. The summed E-state index contributed by atoms with van der Waals surface area (Å²) in [6, 6.07) is 14.2. The van der Waals surface area contributed by atoms with Gasteiger partial charge in [-0.15, -0.1) is 11.3 Å². The first-order valence-electron chi connectivity index (χ1n) is 10.8. The van der Waals surface area contributed by atoms with Crippen LogP contribution in [0.2, 0.25) is 0 Å². The van der Waals surface area contributed by atoms with Crippen molar-refractivity contribution in [1.82, 2.24) is 4.98 Å². The van der Waals surface area contributed by atoms with Crippen LogP contribution in [0, 0.1) is 13.8 Å². The summed E-state index contributed by atoms with van der Waals surface area (Å²) in [6.07, 6.45) is 3.54. The molecule has 0 saturated carbocycles. The van der Waals surface area contributed by atoms with E-state index in [-0.39, 0.29) is 17.0 Å². The zero-order valence-electron chi connectivity index (χ0n) is 18.9. The van der Waals surface area contributed by atoms with Gasteiger partial charge >= 0.3 is 5.97 Å². The normalized spacial score (nSPS) is 12.2. The summed E-state index contributed by atoms with van der Waals surface area (Å²) < 4.78 is 7.51. The van der Waals surface area contributed by atoms with E-state index < -0.39 is 5.97 Å². The summed E-state index contributed by atoms with van der Waals surface area (Å²) in [6.45, 7) is 5.65. The van der Waals surface area contributed by atoms with Crippen molar-refractivity contribution in [2.45, 2.75) is 26.8 Å². The van der Waals surface area contributed by atoms with E-state index in [1.807, 2.05) is 38.1 Å². The molecule has 0 fully saturated rings. The molecule has 3 heterocycles. The fraction of sp³-hybridized carbons (Fsp3) is 0.148. The molecule has 1 atom stereocenters. The maximum Gasteiger partial charge on any atom is 0.337 e. The molecule has 0 spiro atoms. The number of aryl methyl sites for hydroxylation is 1. The van der Waals surface area contributed by atoms with Gasteiger partial charge in [0.15, 0.2) is 11.2 Å². The van der Waals surface area contributed by atoms with Gasteiger partial charge in [-0.2, -0.15) is 0 Å². The molecule has 2 N–H and O–H groups in total. The largest absolute Gasteiger partial charge is 0.478 e. The Morgan fingerprint density at radius 3 is 2.71 bits per heavy atom. The number of anilines is 1. The number of hydrogen-bond acceptors (Lipinski definition) is 6. The van der Waals surface area contributed by atoms with Crippen molar-refractivity contribution in [2.24, 2.45) is 0 Å². The van der Waals surface area contributed by atoms with Crippen LogP contribution < -0.4 is 10.7 Å². The highest BCUT2D eigenvalue weighted by atomic mass is 32.1. The number of rotatable bonds is 5. The van der Waals surface area contributed by atoms with Gasteiger partial charge in [0.05, 0.1) is 21.9 Å². The summed E-state index contributed by atoms with van der Waals surface area (Å²) in [7, 11) is 0. The number of carboxylic acids is 1. The lowest BCUT2D eigenvalue weighted by molar-refractivity contribution is 0.0698. The number of carboxylic acid groups (broad SMARTS) is 1. The van der Waals surface area contributed by atoms with E-state index in [0.29, 0.717) is 28.0 Å². The molecule has 0 bridgehead atoms. The Bertz CT molecular complexity index is 1600. The molecule has 34 heavy (non-hydrogen) atoms. The number of aromatic nitrogens is 1. The van der Waals surface area contributed by atoms with Crippen LogP contribution in [0.3, 0.4) is 0 Å². The summed E-state index contributed by atoms with van der Waals surface area (Å²) >= 11 is 1.55. The predicted octanol–water partition coefficient (Wildman–Crippen LogP) is 6.56. The maximum absolute atomic E-state index is 13.4. The number of carbonyl (C=O) groups is 1. The highest BCUT2D eigenvalue weighted by Gasteiger charge is 2.21. The molecule has 0 amide bonds. The van der Waals surface area contributed by atoms with E-state index in [9.17, 15) is 14.7 Å². The van der Waals surface area contributed by atoms with Crippen LogP contribution in [-0.4, -0.2) is 16.1 Å². The van der Waals surface area contributed by atoms with Gasteiger partial charge in [-0.25, -0.2) is 4.79 Å². The fourth-order valence-corrected chi connectivity index (χ4v) is 5.30. The molecule has 0 aliphatic rings. The lowest BCUT2D eigenvalue weighted by Crippen LogP contribution is -2.13. The number of fused-ring (bicyclic) bond motifs is 2. The van der Waals surface area contributed by atoms with Crippen LogP contribution in [0.5, 0.6) is 0 Å². The SMILES string of the molecule is Cc1cc([C@@H](C)Nc2ccccc2C(=O)O)c2oc(-c3cc4cnccc4s3)c(C)c(=O)c2c1. The second-order valence-corrected chi connectivity index (χ2v) is 9.44. The van der Waals surface area contributed by atoms with Gasteiger partial charge in [-0.05, 0) is 56.7 Å². The Balaban J connectivity index is 1.68. The van der Waals surface area contributed by atoms with E-state index in [0.717, 1.165) is 26.1 Å². The lowest BCUT2D eigenvalue weighted by atomic mass is 9.99. The van der Waals surface area contributed by atoms with Crippen molar-refractivity contribution >= 4 is 44.0 Å². The van der Waals surface area contributed by atoms with Crippen LogP contribution >= 0.6 is 11.3 Å². The number of hydrogen-bond donors (Lipinski definition) is 2. The number of aromatic carboxylic acids is 1. The molecular weight excluding hydrogens is 448 g/mol. The topological polar surface area (TPSA) is 92.4 Å².